The number of nitrogens with one attached hydrogen (secondary N) is 2. The van der Waals surface area contributed by atoms with Gasteiger partial charge >= 0.3 is 6.03 Å². The third-order valence-corrected chi connectivity index (χ3v) is 4.69. The maximum atomic E-state index is 13.9. The van der Waals surface area contributed by atoms with E-state index in [2.05, 4.69) is 15.3 Å². The van der Waals surface area contributed by atoms with Crippen molar-refractivity contribution in [3.05, 3.63) is 70.0 Å². The standard InChI is InChI=1S/C21H23FN4O3/c1-4-26(12-19-24-17-8-6-5-7-15(17)20(27)25-19)21(28)23-13(2)14-9-10-18(29-3)16(22)11-14/h5-11,13H,4,12H2,1-3H3,(H,23,28)(H,24,25,27). The first-order valence-electron chi connectivity index (χ1n) is 9.29. The summed E-state index contributed by atoms with van der Waals surface area (Å²) in [5.41, 5.74) is 0.943. The van der Waals surface area contributed by atoms with Crippen LogP contribution in [0.25, 0.3) is 10.9 Å². The third-order valence-electron chi connectivity index (χ3n) is 4.69. The lowest BCUT2D eigenvalue weighted by Crippen LogP contribution is -2.41. The monoisotopic (exact) mass is 398 g/mol. The molecule has 29 heavy (non-hydrogen) atoms. The molecule has 152 valence electrons. The van der Waals surface area contributed by atoms with Gasteiger partial charge in [-0.3, -0.25) is 4.79 Å². The first-order valence-corrected chi connectivity index (χ1v) is 9.29. The van der Waals surface area contributed by atoms with Gasteiger partial charge in [-0.1, -0.05) is 18.2 Å². The average molecular weight is 398 g/mol. The van der Waals surface area contributed by atoms with Crippen molar-refractivity contribution in [1.29, 1.82) is 0 Å². The molecule has 0 spiro atoms. The fourth-order valence-electron chi connectivity index (χ4n) is 3.03. The Kier molecular flexibility index (Phi) is 6.11. The average Bonchev–Trinajstić information content (AvgIpc) is 2.71. The van der Waals surface area contributed by atoms with Crippen molar-refractivity contribution in [2.75, 3.05) is 13.7 Å². The molecule has 1 atom stereocenters. The van der Waals surface area contributed by atoms with E-state index < -0.39 is 11.9 Å². The molecule has 2 amide bonds. The van der Waals surface area contributed by atoms with Crippen molar-refractivity contribution < 1.29 is 13.9 Å². The van der Waals surface area contributed by atoms with Gasteiger partial charge in [-0.15, -0.1) is 0 Å². The summed E-state index contributed by atoms with van der Waals surface area (Å²) >= 11 is 0. The fraction of sp³-hybridized carbons (Fsp3) is 0.286. The number of carbonyl (C=O) groups is 1. The molecule has 0 fully saturated rings. The number of carbonyl (C=O) groups excluding carboxylic acids is 1. The van der Waals surface area contributed by atoms with Crippen molar-refractivity contribution in [3.63, 3.8) is 0 Å². The Morgan fingerprint density at radius 1 is 1.31 bits per heavy atom. The molecule has 0 radical (unpaired) electrons. The zero-order valence-electron chi connectivity index (χ0n) is 16.5. The molecule has 1 unspecified atom stereocenters. The Balaban J connectivity index is 1.73. The largest absolute Gasteiger partial charge is 0.494 e. The molecule has 1 heterocycles. The van der Waals surface area contributed by atoms with Gasteiger partial charge in [-0.05, 0) is 43.7 Å². The lowest BCUT2D eigenvalue weighted by atomic mass is 10.1. The molecule has 7 nitrogen and oxygen atoms in total. The molecule has 3 aromatic rings. The molecule has 2 aromatic carbocycles. The normalized spacial score (nSPS) is 11.9. The van der Waals surface area contributed by atoms with Crippen molar-refractivity contribution in [2.45, 2.75) is 26.4 Å². The minimum atomic E-state index is -0.489. The van der Waals surface area contributed by atoms with Crippen LogP contribution in [-0.2, 0) is 6.54 Å². The highest BCUT2D eigenvalue weighted by Crippen LogP contribution is 2.22. The lowest BCUT2D eigenvalue weighted by molar-refractivity contribution is 0.193. The number of aromatic amines is 1. The van der Waals surface area contributed by atoms with E-state index in [0.29, 0.717) is 28.8 Å². The predicted octanol–water partition coefficient (Wildman–Crippen LogP) is 3.36. The molecule has 0 aliphatic rings. The Morgan fingerprint density at radius 3 is 2.76 bits per heavy atom. The van der Waals surface area contributed by atoms with E-state index in [-0.39, 0.29) is 23.9 Å². The number of benzene rings is 2. The highest BCUT2D eigenvalue weighted by atomic mass is 19.1. The maximum Gasteiger partial charge on any atom is 0.318 e. The van der Waals surface area contributed by atoms with E-state index in [0.717, 1.165) is 0 Å². The number of fused-ring (bicyclic) bond motifs is 1. The van der Waals surface area contributed by atoms with Gasteiger partial charge < -0.3 is 19.9 Å². The molecule has 0 bridgehead atoms. The van der Waals surface area contributed by atoms with Gasteiger partial charge in [0.25, 0.3) is 5.56 Å². The minimum Gasteiger partial charge on any atom is -0.494 e. The Hall–Kier alpha value is -3.42. The fourth-order valence-corrected chi connectivity index (χ4v) is 3.03. The second-order valence-electron chi connectivity index (χ2n) is 6.61. The summed E-state index contributed by atoms with van der Waals surface area (Å²) < 4.78 is 18.9. The third kappa shape index (κ3) is 4.53. The molecule has 1 aromatic heterocycles. The summed E-state index contributed by atoms with van der Waals surface area (Å²) in [5.74, 6) is 0.0547. The molecule has 2 N–H and O–H groups in total. The van der Waals surface area contributed by atoms with E-state index >= 15 is 0 Å². The number of methoxy groups -OCH3 is 1. The van der Waals surface area contributed by atoms with E-state index in [4.69, 9.17) is 4.74 Å². The highest BCUT2D eigenvalue weighted by Gasteiger charge is 2.18. The summed E-state index contributed by atoms with van der Waals surface area (Å²) in [4.78, 5) is 33.6. The first-order chi connectivity index (χ1) is 13.9. The van der Waals surface area contributed by atoms with Crippen LogP contribution in [0, 0.1) is 5.82 Å². The van der Waals surface area contributed by atoms with Crippen LogP contribution in [0.2, 0.25) is 0 Å². The second kappa shape index (κ2) is 8.72. The van der Waals surface area contributed by atoms with Gasteiger partial charge in [0.1, 0.15) is 5.82 Å². The predicted molar refractivity (Wildman–Crippen MR) is 108 cm³/mol. The molecule has 3 rings (SSSR count). The number of H-pyrrole nitrogens is 1. The molecule has 0 aliphatic carbocycles. The number of hydrogen-bond donors (Lipinski definition) is 2. The van der Waals surface area contributed by atoms with E-state index in [1.165, 1.54) is 24.1 Å². The zero-order chi connectivity index (χ0) is 21.0. The summed E-state index contributed by atoms with van der Waals surface area (Å²) in [5, 5.41) is 3.34. The summed E-state index contributed by atoms with van der Waals surface area (Å²) in [6.45, 7) is 4.15. The van der Waals surface area contributed by atoms with Crippen LogP contribution in [0.1, 0.15) is 31.3 Å². The number of aromatic nitrogens is 2. The van der Waals surface area contributed by atoms with E-state index in [1.807, 2.05) is 6.92 Å². The summed E-state index contributed by atoms with van der Waals surface area (Å²) in [6, 6.07) is 10.8. The van der Waals surface area contributed by atoms with Crippen LogP contribution in [-0.4, -0.2) is 34.6 Å². The molecule has 8 heteroatoms. The molecular weight excluding hydrogens is 375 g/mol. The highest BCUT2D eigenvalue weighted by molar-refractivity contribution is 5.77. The van der Waals surface area contributed by atoms with Crippen LogP contribution < -0.4 is 15.6 Å². The molecular formula is C21H23FN4O3. The number of ether oxygens (including phenoxy) is 1. The number of nitrogens with zero attached hydrogens (tertiary/aromatic N) is 2. The Bertz CT molecular complexity index is 1080. The number of halogens is 1. The first kappa shape index (κ1) is 20.3. The van der Waals surface area contributed by atoms with E-state index in [1.54, 1.807) is 37.3 Å². The Morgan fingerprint density at radius 2 is 2.07 bits per heavy atom. The Labute approximate surface area is 167 Å². The van der Waals surface area contributed by atoms with Crippen molar-refractivity contribution in [2.24, 2.45) is 0 Å². The SMILES string of the molecule is CCN(Cc1nc2ccccc2c(=O)[nH]1)C(=O)NC(C)c1ccc(OC)c(F)c1. The maximum absolute atomic E-state index is 13.9. The summed E-state index contributed by atoms with van der Waals surface area (Å²) in [7, 11) is 1.40. The van der Waals surface area contributed by atoms with Gasteiger partial charge in [0.05, 0.1) is 30.6 Å². The minimum absolute atomic E-state index is 0.145. The number of urea groups is 1. The van der Waals surface area contributed by atoms with Crippen molar-refractivity contribution in [1.82, 2.24) is 20.2 Å². The van der Waals surface area contributed by atoms with Gasteiger partial charge in [-0.25, -0.2) is 14.2 Å². The van der Waals surface area contributed by atoms with Gasteiger partial charge in [0.15, 0.2) is 11.6 Å². The van der Waals surface area contributed by atoms with Gasteiger partial charge in [-0.2, -0.15) is 0 Å². The molecule has 0 saturated carbocycles. The van der Waals surface area contributed by atoms with Crippen LogP contribution in [0.4, 0.5) is 9.18 Å². The van der Waals surface area contributed by atoms with Crippen molar-refractivity contribution >= 4 is 16.9 Å². The molecule has 0 saturated heterocycles. The lowest BCUT2D eigenvalue weighted by Gasteiger charge is -2.24. The van der Waals surface area contributed by atoms with E-state index in [9.17, 15) is 14.0 Å². The number of amides is 2. The summed E-state index contributed by atoms with van der Waals surface area (Å²) in [6.07, 6.45) is 0. The van der Waals surface area contributed by atoms with Crippen LogP contribution in [0.3, 0.4) is 0 Å². The molecule has 0 aliphatic heterocycles. The second-order valence-corrected chi connectivity index (χ2v) is 6.61. The smallest absolute Gasteiger partial charge is 0.318 e. The number of hydrogen-bond acceptors (Lipinski definition) is 4. The number of para-hydroxylation sites is 1. The van der Waals surface area contributed by atoms with Crippen LogP contribution in [0.5, 0.6) is 5.75 Å². The quantitative estimate of drug-likeness (QED) is 0.667. The topological polar surface area (TPSA) is 87.3 Å². The zero-order valence-corrected chi connectivity index (χ0v) is 16.5. The van der Waals surface area contributed by atoms with Gasteiger partial charge in [0.2, 0.25) is 0 Å². The number of rotatable bonds is 6. The van der Waals surface area contributed by atoms with Gasteiger partial charge in [0, 0.05) is 6.54 Å². The van der Waals surface area contributed by atoms with Crippen molar-refractivity contribution in [3.8, 4) is 5.75 Å². The van der Waals surface area contributed by atoms with Crippen LogP contribution in [0.15, 0.2) is 47.3 Å². The van der Waals surface area contributed by atoms with Crippen LogP contribution >= 0.6 is 0 Å².